The van der Waals surface area contributed by atoms with Gasteiger partial charge in [0.25, 0.3) is 0 Å². The van der Waals surface area contributed by atoms with E-state index in [1.807, 2.05) is 6.92 Å². The zero-order chi connectivity index (χ0) is 15.3. The minimum atomic E-state index is -4.71. The fourth-order valence-corrected chi connectivity index (χ4v) is 1.50. The number of alkyl halides is 3. The molecule has 0 bridgehead atoms. The molecule has 0 aliphatic heterocycles. The lowest BCUT2D eigenvalue weighted by molar-refractivity contribution is -0.140. The Morgan fingerprint density at radius 3 is 2.40 bits per heavy atom. The van der Waals surface area contributed by atoms with Crippen LogP contribution in [0.4, 0.5) is 17.6 Å². The van der Waals surface area contributed by atoms with Crippen molar-refractivity contribution in [2.24, 2.45) is 5.92 Å². The zero-order valence-corrected chi connectivity index (χ0v) is 11.7. The van der Waals surface area contributed by atoms with Crippen LogP contribution in [0.25, 0.3) is 0 Å². The van der Waals surface area contributed by atoms with Gasteiger partial charge in [0, 0.05) is 12.6 Å². The second-order valence-electron chi connectivity index (χ2n) is 4.97. The highest BCUT2D eigenvalue weighted by molar-refractivity contribution is 5.31. The van der Waals surface area contributed by atoms with Crippen molar-refractivity contribution in [1.82, 2.24) is 5.32 Å². The van der Waals surface area contributed by atoms with Gasteiger partial charge in [-0.15, -0.1) is 0 Å². The first-order valence-corrected chi connectivity index (χ1v) is 6.44. The van der Waals surface area contributed by atoms with Crippen molar-refractivity contribution in [2.45, 2.75) is 33.0 Å². The smallest absolute Gasteiger partial charge is 0.419 e. The minimum absolute atomic E-state index is 0.0118. The number of benzene rings is 1. The predicted octanol–water partition coefficient (Wildman–Crippen LogP) is 3.86. The lowest BCUT2D eigenvalue weighted by atomic mass is 10.1. The molecule has 114 valence electrons. The van der Waals surface area contributed by atoms with Crippen molar-refractivity contribution in [3.63, 3.8) is 0 Å². The molecule has 1 aromatic carbocycles. The van der Waals surface area contributed by atoms with Crippen LogP contribution < -0.4 is 10.1 Å². The highest BCUT2D eigenvalue weighted by atomic mass is 19.4. The van der Waals surface area contributed by atoms with Crippen molar-refractivity contribution in [1.29, 1.82) is 0 Å². The molecule has 1 N–H and O–H groups in total. The van der Waals surface area contributed by atoms with E-state index >= 15 is 0 Å². The first-order chi connectivity index (χ1) is 9.21. The molecule has 0 saturated heterocycles. The van der Waals surface area contributed by atoms with Crippen molar-refractivity contribution >= 4 is 0 Å². The number of nitrogens with one attached hydrogen (secondary N) is 1. The highest BCUT2D eigenvalue weighted by Crippen LogP contribution is 2.33. The van der Waals surface area contributed by atoms with Crippen molar-refractivity contribution in [3.8, 4) is 5.75 Å². The monoisotopic (exact) mass is 293 g/mol. The van der Waals surface area contributed by atoms with Crippen LogP contribution in [0.15, 0.2) is 18.2 Å². The van der Waals surface area contributed by atoms with Crippen LogP contribution in [0, 0.1) is 11.7 Å². The van der Waals surface area contributed by atoms with Gasteiger partial charge >= 0.3 is 6.18 Å². The molecule has 20 heavy (non-hydrogen) atoms. The Bertz CT molecular complexity index is 432. The third-order valence-corrected chi connectivity index (χ3v) is 3.08. The van der Waals surface area contributed by atoms with E-state index in [0.717, 1.165) is 6.07 Å². The Labute approximate surface area is 116 Å². The molecule has 0 spiro atoms. The van der Waals surface area contributed by atoms with Crippen LogP contribution in [0.5, 0.6) is 5.75 Å². The topological polar surface area (TPSA) is 21.3 Å². The molecular formula is C14H19F4NO. The minimum Gasteiger partial charge on any atom is -0.492 e. The maximum atomic E-state index is 13.1. The third kappa shape index (κ3) is 5.00. The molecule has 1 atom stereocenters. The Kier molecular flexibility index (Phi) is 5.80. The van der Waals surface area contributed by atoms with E-state index in [2.05, 4.69) is 19.2 Å². The molecule has 6 heteroatoms. The summed E-state index contributed by atoms with van der Waals surface area (Å²) in [6.45, 7) is 6.88. The van der Waals surface area contributed by atoms with Gasteiger partial charge in [0.15, 0.2) is 0 Å². The van der Waals surface area contributed by atoms with E-state index in [9.17, 15) is 17.6 Å². The molecule has 0 heterocycles. The summed E-state index contributed by atoms with van der Waals surface area (Å²) in [4.78, 5) is 0. The summed E-state index contributed by atoms with van der Waals surface area (Å²) in [7, 11) is 0. The Balaban J connectivity index is 2.53. The Morgan fingerprint density at radius 1 is 1.20 bits per heavy atom. The van der Waals surface area contributed by atoms with Gasteiger partial charge in [-0.05, 0) is 31.0 Å². The fraction of sp³-hybridized carbons (Fsp3) is 0.571. The summed E-state index contributed by atoms with van der Waals surface area (Å²) in [5.41, 5.74) is -1.31. The lowest BCUT2D eigenvalue weighted by Gasteiger charge is -2.17. The molecular weight excluding hydrogens is 274 g/mol. The first-order valence-electron chi connectivity index (χ1n) is 6.44. The van der Waals surface area contributed by atoms with E-state index in [4.69, 9.17) is 4.74 Å². The molecule has 0 aromatic heterocycles. The maximum absolute atomic E-state index is 13.1. The number of ether oxygens (including phenoxy) is 1. The molecule has 0 fully saturated rings. The fourth-order valence-electron chi connectivity index (χ4n) is 1.50. The molecule has 2 nitrogen and oxygen atoms in total. The van der Waals surface area contributed by atoms with Crippen LogP contribution in [-0.4, -0.2) is 19.2 Å². The van der Waals surface area contributed by atoms with Crippen LogP contribution in [0.3, 0.4) is 0 Å². The summed E-state index contributed by atoms with van der Waals surface area (Å²) < 4.78 is 55.8. The van der Waals surface area contributed by atoms with Gasteiger partial charge in [-0.25, -0.2) is 4.39 Å². The van der Waals surface area contributed by atoms with Gasteiger partial charge in [0.2, 0.25) is 0 Å². The molecule has 1 unspecified atom stereocenters. The SMILES string of the molecule is CC(C)C(C)NCCOc1ccc(F)c(C(F)(F)F)c1. The predicted molar refractivity (Wildman–Crippen MR) is 69.2 cm³/mol. The normalized spacial score (nSPS) is 13.6. The molecule has 0 aliphatic rings. The van der Waals surface area contributed by atoms with Crippen LogP contribution >= 0.6 is 0 Å². The third-order valence-electron chi connectivity index (χ3n) is 3.08. The number of rotatable bonds is 6. The molecule has 0 radical (unpaired) electrons. The first kappa shape index (κ1) is 16.8. The van der Waals surface area contributed by atoms with Crippen molar-refractivity contribution in [2.75, 3.05) is 13.2 Å². The van der Waals surface area contributed by atoms with E-state index in [-0.39, 0.29) is 18.4 Å². The number of hydrogen-bond acceptors (Lipinski definition) is 2. The average molecular weight is 293 g/mol. The summed E-state index contributed by atoms with van der Waals surface area (Å²) in [6, 6.07) is 2.93. The van der Waals surface area contributed by atoms with Gasteiger partial charge < -0.3 is 10.1 Å². The quantitative estimate of drug-likeness (QED) is 0.635. The Hall–Kier alpha value is -1.30. The molecule has 0 amide bonds. The second-order valence-corrected chi connectivity index (χ2v) is 4.97. The van der Waals surface area contributed by atoms with E-state index in [0.29, 0.717) is 18.5 Å². The van der Waals surface area contributed by atoms with Gasteiger partial charge in [0.1, 0.15) is 18.2 Å². The summed E-state index contributed by atoms with van der Waals surface area (Å²) in [5, 5.41) is 3.19. The number of halogens is 4. The van der Waals surface area contributed by atoms with Crippen molar-refractivity contribution < 1.29 is 22.3 Å². The molecule has 1 rings (SSSR count). The zero-order valence-electron chi connectivity index (χ0n) is 11.7. The van der Waals surface area contributed by atoms with Gasteiger partial charge in [-0.1, -0.05) is 13.8 Å². The van der Waals surface area contributed by atoms with Crippen LogP contribution in [0.1, 0.15) is 26.3 Å². The van der Waals surface area contributed by atoms with Gasteiger partial charge in [-0.2, -0.15) is 13.2 Å². The van der Waals surface area contributed by atoms with Gasteiger partial charge in [0.05, 0.1) is 5.56 Å². The Morgan fingerprint density at radius 2 is 1.85 bits per heavy atom. The maximum Gasteiger partial charge on any atom is 0.419 e. The highest BCUT2D eigenvalue weighted by Gasteiger charge is 2.34. The summed E-state index contributed by atoms with van der Waals surface area (Å²) >= 11 is 0. The standard InChI is InChI=1S/C14H19F4NO/c1-9(2)10(3)19-6-7-20-11-4-5-13(15)12(8-11)14(16,17)18/h4-5,8-10,19H,6-7H2,1-3H3. The van der Waals surface area contributed by atoms with Crippen LogP contribution in [-0.2, 0) is 6.18 Å². The van der Waals surface area contributed by atoms with E-state index in [1.54, 1.807) is 0 Å². The average Bonchev–Trinajstić information content (AvgIpc) is 2.34. The molecule has 1 aromatic rings. The number of hydrogen-bond donors (Lipinski definition) is 1. The second kappa shape index (κ2) is 6.92. The molecule has 0 aliphatic carbocycles. The summed E-state index contributed by atoms with van der Waals surface area (Å²) in [6.07, 6.45) is -4.71. The van der Waals surface area contributed by atoms with E-state index < -0.39 is 17.6 Å². The van der Waals surface area contributed by atoms with Crippen LogP contribution in [0.2, 0.25) is 0 Å². The van der Waals surface area contributed by atoms with E-state index in [1.165, 1.54) is 6.07 Å². The summed E-state index contributed by atoms with van der Waals surface area (Å²) in [5.74, 6) is -0.827. The molecule has 0 saturated carbocycles. The van der Waals surface area contributed by atoms with Gasteiger partial charge in [-0.3, -0.25) is 0 Å². The largest absolute Gasteiger partial charge is 0.492 e. The van der Waals surface area contributed by atoms with Crippen molar-refractivity contribution in [3.05, 3.63) is 29.6 Å². The lowest BCUT2D eigenvalue weighted by Crippen LogP contribution is -2.33.